The van der Waals surface area contributed by atoms with E-state index in [0.717, 1.165) is 34.0 Å². The van der Waals surface area contributed by atoms with Crippen molar-refractivity contribution >= 4 is 23.1 Å². The van der Waals surface area contributed by atoms with Gasteiger partial charge in [0.1, 0.15) is 11.5 Å². The molecule has 0 unspecified atom stereocenters. The lowest BCUT2D eigenvalue weighted by Gasteiger charge is -2.07. The fourth-order valence-corrected chi connectivity index (χ4v) is 3.08. The zero-order valence-corrected chi connectivity index (χ0v) is 15.5. The maximum Gasteiger partial charge on any atom is 0.160 e. The van der Waals surface area contributed by atoms with Crippen LogP contribution in [-0.2, 0) is 6.54 Å². The van der Waals surface area contributed by atoms with Crippen LogP contribution in [0.5, 0.6) is 0 Å². The molecule has 4 aromatic rings. The normalized spacial score (nSPS) is 11.2. The van der Waals surface area contributed by atoms with Crippen LogP contribution >= 0.6 is 11.6 Å². The van der Waals surface area contributed by atoms with Gasteiger partial charge in [-0.3, -0.25) is 0 Å². The molecule has 0 bridgehead atoms. The summed E-state index contributed by atoms with van der Waals surface area (Å²) in [6.07, 6.45) is 0. The van der Waals surface area contributed by atoms with Gasteiger partial charge in [-0.05, 0) is 26.8 Å². The second-order valence-corrected chi connectivity index (χ2v) is 6.65. The number of aryl methyl sites for hydroxylation is 3. The van der Waals surface area contributed by atoms with E-state index in [4.69, 9.17) is 16.1 Å². The molecule has 0 radical (unpaired) electrons. The number of aromatic nitrogens is 4. The number of rotatable bonds is 4. The van der Waals surface area contributed by atoms with Crippen LogP contribution in [0, 0.1) is 20.8 Å². The van der Waals surface area contributed by atoms with E-state index in [1.165, 1.54) is 0 Å². The molecule has 0 spiro atoms. The molecule has 132 valence electrons. The van der Waals surface area contributed by atoms with Crippen LogP contribution in [0.15, 0.2) is 40.9 Å². The first-order valence-electron chi connectivity index (χ1n) is 8.31. The van der Waals surface area contributed by atoms with E-state index in [2.05, 4.69) is 20.6 Å². The van der Waals surface area contributed by atoms with Gasteiger partial charge >= 0.3 is 0 Å². The van der Waals surface area contributed by atoms with E-state index in [1.54, 1.807) is 0 Å². The molecule has 0 atom stereocenters. The molecule has 0 saturated heterocycles. The first-order chi connectivity index (χ1) is 12.5. The van der Waals surface area contributed by atoms with E-state index >= 15 is 0 Å². The fourth-order valence-electron chi connectivity index (χ4n) is 2.85. The Bertz CT molecular complexity index is 1100. The van der Waals surface area contributed by atoms with E-state index in [9.17, 15) is 0 Å². The van der Waals surface area contributed by atoms with E-state index in [0.29, 0.717) is 23.0 Å². The Labute approximate surface area is 155 Å². The van der Waals surface area contributed by atoms with Gasteiger partial charge in [0.15, 0.2) is 11.4 Å². The second kappa shape index (κ2) is 6.46. The van der Waals surface area contributed by atoms with Crippen LogP contribution < -0.4 is 5.32 Å². The third-order valence-corrected chi connectivity index (χ3v) is 4.67. The molecule has 6 nitrogen and oxygen atoms in total. The number of nitrogens with one attached hydrogen (secondary N) is 1. The third-order valence-electron chi connectivity index (χ3n) is 4.34. The molecule has 1 N–H and O–H groups in total. The lowest BCUT2D eigenvalue weighted by molar-refractivity contribution is 0.390. The first kappa shape index (κ1) is 16.6. The number of hydrogen-bond donors (Lipinski definition) is 1. The quantitative estimate of drug-likeness (QED) is 0.572. The van der Waals surface area contributed by atoms with Crippen LogP contribution in [0.1, 0.15) is 22.7 Å². The summed E-state index contributed by atoms with van der Waals surface area (Å²) in [5, 5.41) is 12.7. The van der Waals surface area contributed by atoms with Gasteiger partial charge in [0.25, 0.3) is 0 Å². The molecule has 0 aliphatic carbocycles. The van der Waals surface area contributed by atoms with Crippen molar-refractivity contribution in [2.45, 2.75) is 27.3 Å². The summed E-state index contributed by atoms with van der Waals surface area (Å²) in [4.78, 5) is 4.58. The van der Waals surface area contributed by atoms with Gasteiger partial charge in [-0.25, -0.2) is 4.98 Å². The van der Waals surface area contributed by atoms with Crippen molar-refractivity contribution in [3.63, 3.8) is 0 Å². The summed E-state index contributed by atoms with van der Waals surface area (Å²) < 4.78 is 7.27. The first-order valence-corrected chi connectivity index (χ1v) is 8.68. The molecule has 0 amide bonds. The highest BCUT2D eigenvalue weighted by Gasteiger charge is 2.13. The Morgan fingerprint density at radius 2 is 1.96 bits per heavy atom. The summed E-state index contributed by atoms with van der Waals surface area (Å²) in [5.74, 6) is 1.57. The van der Waals surface area contributed by atoms with E-state index in [-0.39, 0.29) is 0 Å². The number of hydrogen-bond acceptors (Lipinski definition) is 5. The number of benzene rings is 1. The van der Waals surface area contributed by atoms with Crippen LogP contribution in [0.2, 0.25) is 5.02 Å². The fraction of sp³-hybridized carbons (Fsp3) is 0.211. The standard InChI is InChI=1S/C19H18ClN5O/c1-11-8-18(25-19(22-11)12(2)13(3)23-25)21-10-14-9-17(24-26-14)15-6-4-5-7-16(15)20/h4-9,21H,10H2,1-3H3. The SMILES string of the molecule is Cc1cc(NCc2cc(-c3ccccc3Cl)no2)n2nc(C)c(C)c2n1. The maximum atomic E-state index is 6.23. The predicted octanol–water partition coefficient (Wildman–Crippen LogP) is 4.58. The Balaban J connectivity index is 1.60. The number of halogens is 1. The minimum atomic E-state index is 0.480. The Morgan fingerprint density at radius 1 is 1.15 bits per heavy atom. The van der Waals surface area contributed by atoms with Crippen molar-refractivity contribution in [1.29, 1.82) is 0 Å². The molecule has 4 rings (SSSR count). The summed E-state index contributed by atoms with van der Waals surface area (Å²) >= 11 is 6.23. The van der Waals surface area contributed by atoms with Gasteiger partial charge in [-0.2, -0.15) is 9.61 Å². The van der Waals surface area contributed by atoms with Crippen molar-refractivity contribution in [3.8, 4) is 11.3 Å². The topological polar surface area (TPSA) is 68.2 Å². The number of anilines is 1. The monoisotopic (exact) mass is 367 g/mol. The zero-order valence-electron chi connectivity index (χ0n) is 14.7. The van der Waals surface area contributed by atoms with Gasteiger partial charge < -0.3 is 9.84 Å². The molecule has 0 saturated carbocycles. The van der Waals surface area contributed by atoms with Crippen LogP contribution in [0.3, 0.4) is 0 Å². The molecular formula is C19H18ClN5O. The van der Waals surface area contributed by atoms with Gasteiger partial charge in [0.05, 0.1) is 17.3 Å². The van der Waals surface area contributed by atoms with E-state index < -0.39 is 0 Å². The second-order valence-electron chi connectivity index (χ2n) is 6.24. The van der Waals surface area contributed by atoms with Gasteiger partial charge in [0.2, 0.25) is 0 Å². The molecule has 26 heavy (non-hydrogen) atoms. The Hall–Kier alpha value is -2.86. The highest BCUT2D eigenvalue weighted by molar-refractivity contribution is 6.33. The van der Waals surface area contributed by atoms with Crippen LogP contribution in [-0.4, -0.2) is 19.8 Å². The minimum Gasteiger partial charge on any atom is -0.363 e. The largest absolute Gasteiger partial charge is 0.363 e. The Morgan fingerprint density at radius 3 is 2.77 bits per heavy atom. The smallest absolute Gasteiger partial charge is 0.160 e. The molecular weight excluding hydrogens is 350 g/mol. The molecule has 0 aliphatic heterocycles. The van der Waals surface area contributed by atoms with Crippen molar-refractivity contribution < 1.29 is 4.52 Å². The number of fused-ring (bicyclic) bond motifs is 1. The number of nitrogens with zero attached hydrogens (tertiary/aromatic N) is 4. The lowest BCUT2D eigenvalue weighted by atomic mass is 10.1. The van der Waals surface area contributed by atoms with Crippen molar-refractivity contribution in [1.82, 2.24) is 19.8 Å². The highest BCUT2D eigenvalue weighted by Crippen LogP contribution is 2.27. The third kappa shape index (κ3) is 2.93. The predicted molar refractivity (Wildman–Crippen MR) is 101 cm³/mol. The summed E-state index contributed by atoms with van der Waals surface area (Å²) in [6, 6.07) is 11.4. The molecule has 1 aromatic carbocycles. The van der Waals surface area contributed by atoms with Gasteiger partial charge in [-0.1, -0.05) is 35.0 Å². The molecule has 0 aliphatic rings. The molecule has 3 heterocycles. The van der Waals surface area contributed by atoms with Crippen LogP contribution in [0.25, 0.3) is 16.9 Å². The molecule has 7 heteroatoms. The maximum absolute atomic E-state index is 6.23. The van der Waals surface area contributed by atoms with Crippen LogP contribution in [0.4, 0.5) is 5.82 Å². The molecule has 3 aromatic heterocycles. The average Bonchev–Trinajstić information content (AvgIpc) is 3.20. The lowest BCUT2D eigenvalue weighted by Crippen LogP contribution is -2.06. The van der Waals surface area contributed by atoms with E-state index in [1.807, 2.05) is 61.7 Å². The van der Waals surface area contributed by atoms with Gasteiger partial charge in [0, 0.05) is 29.0 Å². The average molecular weight is 368 g/mol. The molecule has 0 fully saturated rings. The summed E-state index contributed by atoms with van der Waals surface area (Å²) in [5.41, 5.74) is 5.40. The Kier molecular flexibility index (Phi) is 4.12. The highest BCUT2D eigenvalue weighted by atomic mass is 35.5. The van der Waals surface area contributed by atoms with Crippen molar-refractivity contribution in [2.75, 3.05) is 5.32 Å². The van der Waals surface area contributed by atoms with Crippen molar-refractivity contribution in [2.24, 2.45) is 0 Å². The summed E-state index contributed by atoms with van der Waals surface area (Å²) in [6.45, 7) is 6.46. The van der Waals surface area contributed by atoms with Gasteiger partial charge in [-0.15, -0.1) is 0 Å². The van der Waals surface area contributed by atoms with Crippen molar-refractivity contribution in [3.05, 3.63) is 64.1 Å². The summed E-state index contributed by atoms with van der Waals surface area (Å²) in [7, 11) is 0. The zero-order chi connectivity index (χ0) is 18.3. The minimum absolute atomic E-state index is 0.480.